The summed E-state index contributed by atoms with van der Waals surface area (Å²) in [7, 11) is 0. The lowest BCUT2D eigenvalue weighted by molar-refractivity contribution is 0.409. The summed E-state index contributed by atoms with van der Waals surface area (Å²) in [6.45, 7) is 22.6. The summed E-state index contributed by atoms with van der Waals surface area (Å²) in [5, 5.41) is 0. The molecule has 0 amide bonds. The Morgan fingerprint density at radius 3 is 2.19 bits per heavy atom. The average Bonchev–Trinajstić information content (AvgIpc) is 3.46. The minimum atomic E-state index is 0.364. The Morgan fingerprint density at radius 1 is 0.872 bits per heavy atom. The van der Waals surface area contributed by atoms with Crippen molar-refractivity contribution in [2.24, 2.45) is 17.8 Å². The van der Waals surface area contributed by atoms with Crippen molar-refractivity contribution < 1.29 is 0 Å². The van der Waals surface area contributed by atoms with Crippen molar-refractivity contribution in [2.75, 3.05) is 0 Å². The molecule has 0 bridgehead atoms. The molecule has 3 aliphatic rings. The Labute approximate surface area is 288 Å². The third-order valence-corrected chi connectivity index (χ3v) is 9.90. The van der Waals surface area contributed by atoms with Gasteiger partial charge in [-0.3, -0.25) is 0 Å². The molecule has 0 saturated heterocycles. The molecule has 5 rings (SSSR count). The number of benzene rings is 2. The first kappa shape index (κ1) is 37.6. The summed E-state index contributed by atoms with van der Waals surface area (Å²) >= 11 is 0. The van der Waals surface area contributed by atoms with Crippen LogP contribution in [0.5, 0.6) is 0 Å². The zero-order valence-electron chi connectivity index (χ0n) is 30.1. The van der Waals surface area contributed by atoms with Crippen LogP contribution in [0.15, 0.2) is 151 Å². The number of hydrogen-bond donors (Lipinski definition) is 0. The first-order valence-electron chi connectivity index (χ1n) is 18.2. The summed E-state index contributed by atoms with van der Waals surface area (Å²) in [5.41, 5.74) is 15.7. The number of hydrogen-bond acceptors (Lipinski definition) is 0. The standard InChI is InChI=1S/C26H30.C18H22.C3H8/c1-4-21(5-2)26(24-10-7-6-8-11-24)25-13-9-12-22(18-19-25)23-16-14-20(3)15-17-23;1-4-15-11-12-18(15)13-16(5-2)17-8-6-7-14(3)9-10-17;1-3-2/h4,6-8,10-11,14-17,22,25-26H,1-2,9,12-13,18-19H2,3H3;7-12,16,18H,1,5-6,13H2,2-3H3;3H2,1-2H3/t;16-,18?;/m.1./s1. The minimum absolute atomic E-state index is 0.364. The molecule has 2 aromatic carbocycles. The lowest BCUT2D eigenvalue weighted by atomic mass is 9.77. The molecular weight excluding hydrogens is 565 g/mol. The van der Waals surface area contributed by atoms with Crippen LogP contribution in [0.25, 0.3) is 0 Å². The maximum absolute atomic E-state index is 4.03. The zero-order valence-corrected chi connectivity index (χ0v) is 30.1. The van der Waals surface area contributed by atoms with Crippen LogP contribution in [-0.2, 0) is 0 Å². The predicted octanol–water partition coefficient (Wildman–Crippen LogP) is 13.9. The maximum Gasteiger partial charge on any atom is 0.0190 e. The summed E-state index contributed by atoms with van der Waals surface area (Å²) in [6, 6.07) is 20.0. The second-order valence-electron chi connectivity index (χ2n) is 13.5. The van der Waals surface area contributed by atoms with E-state index in [0.29, 0.717) is 29.6 Å². The van der Waals surface area contributed by atoms with Crippen molar-refractivity contribution in [3.63, 3.8) is 0 Å². The van der Waals surface area contributed by atoms with E-state index in [1.165, 1.54) is 84.8 Å². The number of rotatable bonds is 9. The van der Waals surface area contributed by atoms with Crippen molar-refractivity contribution in [3.8, 4) is 0 Å². The van der Waals surface area contributed by atoms with Crippen LogP contribution in [0, 0.1) is 24.7 Å². The molecule has 2 aromatic rings. The Kier molecular flexibility index (Phi) is 16.4. The molecule has 0 aliphatic heterocycles. The smallest absolute Gasteiger partial charge is 0.0190 e. The van der Waals surface area contributed by atoms with Crippen molar-refractivity contribution in [3.05, 3.63) is 167 Å². The van der Waals surface area contributed by atoms with E-state index >= 15 is 0 Å². The van der Waals surface area contributed by atoms with E-state index < -0.39 is 0 Å². The molecule has 0 heteroatoms. The van der Waals surface area contributed by atoms with E-state index in [4.69, 9.17) is 0 Å². The molecule has 0 spiro atoms. The first-order chi connectivity index (χ1) is 22.9. The normalized spacial score (nSPS) is 21.2. The van der Waals surface area contributed by atoms with Gasteiger partial charge in [0, 0.05) is 17.4 Å². The molecule has 5 atom stereocenters. The highest BCUT2D eigenvalue weighted by molar-refractivity contribution is 5.38. The lowest BCUT2D eigenvalue weighted by Gasteiger charge is -2.27. The van der Waals surface area contributed by atoms with Crippen molar-refractivity contribution in [1.29, 1.82) is 0 Å². The van der Waals surface area contributed by atoms with Gasteiger partial charge in [0.05, 0.1) is 0 Å². The van der Waals surface area contributed by atoms with Crippen LogP contribution in [-0.4, -0.2) is 0 Å². The fourth-order valence-electron chi connectivity index (χ4n) is 7.13. The molecule has 0 nitrogen and oxygen atoms in total. The maximum atomic E-state index is 4.03. The van der Waals surface area contributed by atoms with Gasteiger partial charge in [-0.25, -0.2) is 0 Å². The molecule has 47 heavy (non-hydrogen) atoms. The van der Waals surface area contributed by atoms with Gasteiger partial charge in [0.2, 0.25) is 0 Å². The van der Waals surface area contributed by atoms with Gasteiger partial charge in [0.15, 0.2) is 0 Å². The highest BCUT2D eigenvalue weighted by Gasteiger charge is 2.29. The van der Waals surface area contributed by atoms with E-state index in [1.54, 1.807) is 0 Å². The Morgan fingerprint density at radius 2 is 1.60 bits per heavy atom. The van der Waals surface area contributed by atoms with Gasteiger partial charge in [-0.15, -0.1) is 11.5 Å². The fourth-order valence-corrected chi connectivity index (χ4v) is 7.13. The topological polar surface area (TPSA) is 0 Å². The molecule has 1 saturated carbocycles. The molecule has 0 N–H and O–H groups in total. The second kappa shape index (κ2) is 20.4. The largest absolute Gasteiger partial charge is 0.125 e. The number of aryl methyl sites for hydroxylation is 1. The molecule has 1 fully saturated rings. The van der Waals surface area contributed by atoms with Gasteiger partial charge in [-0.05, 0) is 98.8 Å². The molecule has 0 aromatic heterocycles. The van der Waals surface area contributed by atoms with Crippen molar-refractivity contribution in [2.45, 2.75) is 104 Å². The molecule has 4 unspecified atom stereocenters. The van der Waals surface area contributed by atoms with Crippen LogP contribution in [0.1, 0.15) is 114 Å². The SMILES string of the molecule is C=C=C(C=C)C(c1ccccc1)C1CCCC(c2ccc(C)cc2)CC1.C=C=C1C=CC1C[C@@H](CC)C1=CCC=C(C)C=C1.CCC. The van der Waals surface area contributed by atoms with E-state index in [0.717, 1.165) is 12.0 Å². The van der Waals surface area contributed by atoms with Gasteiger partial charge in [0.1, 0.15) is 0 Å². The van der Waals surface area contributed by atoms with Crippen LogP contribution in [0.2, 0.25) is 0 Å². The zero-order chi connectivity index (χ0) is 34.0. The fraction of sp³-hybridized carbons (Fsp3) is 0.404. The summed E-state index contributed by atoms with van der Waals surface area (Å²) < 4.78 is 0. The highest BCUT2D eigenvalue weighted by atomic mass is 14.3. The summed E-state index contributed by atoms with van der Waals surface area (Å²) in [4.78, 5) is 0. The molecule has 0 heterocycles. The summed E-state index contributed by atoms with van der Waals surface area (Å²) in [5.74, 6) is 2.91. The predicted molar refractivity (Wildman–Crippen MR) is 208 cm³/mol. The monoisotopic (exact) mass is 624 g/mol. The number of allylic oxidation sites excluding steroid dienone is 11. The van der Waals surface area contributed by atoms with Gasteiger partial charge in [0.25, 0.3) is 0 Å². The summed E-state index contributed by atoms with van der Waals surface area (Å²) in [6.07, 6.45) is 26.6. The van der Waals surface area contributed by atoms with Crippen LogP contribution in [0.4, 0.5) is 0 Å². The van der Waals surface area contributed by atoms with Gasteiger partial charge >= 0.3 is 0 Å². The Hall–Kier alpha value is -3.82. The van der Waals surface area contributed by atoms with E-state index in [-0.39, 0.29) is 0 Å². The molecule has 248 valence electrons. The van der Waals surface area contributed by atoms with E-state index in [1.807, 2.05) is 6.08 Å². The van der Waals surface area contributed by atoms with E-state index in [2.05, 4.69) is 157 Å². The van der Waals surface area contributed by atoms with Crippen molar-refractivity contribution >= 4 is 0 Å². The lowest BCUT2D eigenvalue weighted by Crippen LogP contribution is -2.14. The minimum Gasteiger partial charge on any atom is -0.125 e. The molecule has 3 aliphatic carbocycles. The Bertz CT molecular complexity index is 1470. The Balaban J connectivity index is 0.000000249. The van der Waals surface area contributed by atoms with Gasteiger partial charge in [-0.1, -0.05) is 162 Å². The van der Waals surface area contributed by atoms with Crippen LogP contribution in [0.3, 0.4) is 0 Å². The first-order valence-corrected chi connectivity index (χ1v) is 18.2. The van der Waals surface area contributed by atoms with E-state index in [9.17, 15) is 0 Å². The highest BCUT2D eigenvalue weighted by Crippen LogP contribution is 2.43. The van der Waals surface area contributed by atoms with Crippen LogP contribution < -0.4 is 0 Å². The van der Waals surface area contributed by atoms with Crippen LogP contribution >= 0.6 is 0 Å². The van der Waals surface area contributed by atoms with Crippen molar-refractivity contribution in [1.82, 2.24) is 0 Å². The third kappa shape index (κ3) is 11.4. The van der Waals surface area contributed by atoms with Gasteiger partial charge < -0.3 is 0 Å². The van der Waals surface area contributed by atoms with Gasteiger partial charge in [-0.2, -0.15) is 0 Å². The second-order valence-corrected chi connectivity index (χ2v) is 13.5. The quantitative estimate of drug-likeness (QED) is 0.148. The molecule has 0 radical (unpaired) electrons. The third-order valence-electron chi connectivity index (χ3n) is 9.90. The average molecular weight is 625 g/mol. The molecular formula is C47H60.